The fraction of sp³-hybridized carbons (Fsp3) is 0.889. The van der Waals surface area contributed by atoms with E-state index in [1.165, 1.54) is 0 Å². The molecule has 2 rings (SSSR count). The molecule has 0 amide bonds. The van der Waals surface area contributed by atoms with Crippen molar-refractivity contribution in [1.29, 1.82) is 0 Å². The van der Waals surface area contributed by atoms with Crippen LogP contribution in [0.2, 0.25) is 0 Å². The van der Waals surface area contributed by atoms with Crippen LogP contribution in [0.3, 0.4) is 0 Å². The Labute approximate surface area is 83.3 Å². The molecular formula is C9H14O3S. The summed E-state index contributed by atoms with van der Waals surface area (Å²) in [6, 6.07) is 0. The fourth-order valence-corrected chi connectivity index (χ4v) is 2.32. The van der Waals surface area contributed by atoms with Gasteiger partial charge in [0.2, 0.25) is 0 Å². The van der Waals surface area contributed by atoms with Crippen molar-refractivity contribution in [2.75, 3.05) is 6.61 Å². The molecule has 0 aromatic heterocycles. The zero-order chi connectivity index (χ0) is 9.47. The van der Waals surface area contributed by atoms with E-state index in [1.807, 2.05) is 0 Å². The topological polar surface area (TPSA) is 27.7 Å². The van der Waals surface area contributed by atoms with Crippen molar-refractivity contribution in [2.24, 2.45) is 0 Å². The van der Waals surface area contributed by atoms with Gasteiger partial charge in [-0.3, -0.25) is 0 Å². The predicted molar refractivity (Wildman–Crippen MR) is 51.6 cm³/mol. The molecule has 4 heteroatoms. The first kappa shape index (κ1) is 9.21. The molecule has 3 atom stereocenters. The Balaban J connectivity index is 2.11. The molecule has 0 radical (unpaired) electrons. The van der Waals surface area contributed by atoms with Crippen LogP contribution in [0, 0.1) is 0 Å². The quantitative estimate of drug-likeness (QED) is 0.636. The van der Waals surface area contributed by atoms with Gasteiger partial charge in [0.15, 0.2) is 12.2 Å². The van der Waals surface area contributed by atoms with Gasteiger partial charge in [0, 0.05) is 12.2 Å². The van der Waals surface area contributed by atoms with Crippen LogP contribution in [-0.2, 0) is 14.2 Å². The van der Waals surface area contributed by atoms with Crippen LogP contribution in [0.15, 0.2) is 0 Å². The van der Waals surface area contributed by atoms with Crippen molar-refractivity contribution in [3.05, 3.63) is 0 Å². The van der Waals surface area contributed by atoms with Crippen molar-refractivity contribution >= 4 is 17.5 Å². The molecule has 3 nitrogen and oxygen atoms in total. The van der Waals surface area contributed by atoms with Crippen LogP contribution in [0.1, 0.15) is 26.7 Å². The highest BCUT2D eigenvalue weighted by molar-refractivity contribution is 7.79. The lowest BCUT2D eigenvalue weighted by atomic mass is 9.93. The van der Waals surface area contributed by atoms with Crippen LogP contribution < -0.4 is 0 Å². The van der Waals surface area contributed by atoms with E-state index in [-0.39, 0.29) is 23.0 Å². The molecule has 2 heterocycles. The molecule has 0 aliphatic carbocycles. The Hall–Kier alpha value is -0.350. The number of thiocarbonyl (C=S) groups is 1. The SMILES string of the molecule is CCCC1(C)OCC2OC(=S)OC21. The van der Waals surface area contributed by atoms with E-state index < -0.39 is 0 Å². The minimum absolute atomic E-state index is 0.0000463. The van der Waals surface area contributed by atoms with Crippen molar-refractivity contribution < 1.29 is 14.2 Å². The summed E-state index contributed by atoms with van der Waals surface area (Å²) in [6.45, 7) is 4.80. The fourth-order valence-electron chi connectivity index (χ4n) is 2.10. The van der Waals surface area contributed by atoms with Crippen LogP contribution in [-0.4, -0.2) is 29.7 Å². The molecule has 2 aliphatic heterocycles. The van der Waals surface area contributed by atoms with E-state index in [0.717, 1.165) is 12.8 Å². The third-order valence-electron chi connectivity index (χ3n) is 2.73. The van der Waals surface area contributed by atoms with Gasteiger partial charge < -0.3 is 14.2 Å². The van der Waals surface area contributed by atoms with Crippen molar-refractivity contribution in [2.45, 2.75) is 44.5 Å². The molecular weight excluding hydrogens is 188 g/mol. The average Bonchev–Trinajstić information content (AvgIpc) is 2.54. The highest BCUT2D eigenvalue weighted by Crippen LogP contribution is 2.37. The second kappa shape index (κ2) is 3.10. The number of rotatable bonds is 2. The second-order valence-electron chi connectivity index (χ2n) is 3.82. The summed E-state index contributed by atoms with van der Waals surface area (Å²) in [7, 11) is 0. The van der Waals surface area contributed by atoms with Gasteiger partial charge >= 0.3 is 5.24 Å². The number of hydrogen-bond acceptors (Lipinski definition) is 4. The first-order valence-electron chi connectivity index (χ1n) is 4.67. The lowest BCUT2D eigenvalue weighted by molar-refractivity contribution is -0.0435. The molecule has 2 aliphatic rings. The lowest BCUT2D eigenvalue weighted by Gasteiger charge is -2.26. The Morgan fingerprint density at radius 2 is 2.31 bits per heavy atom. The summed E-state index contributed by atoms with van der Waals surface area (Å²) < 4.78 is 16.4. The molecule has 0 saturated carbocycles. The number of hydrogen-bond donors (Lipinski definition) is 0. The molecule has 2 saturated heterocycles. The van der Waals surface area contributed by atoms with Crippen molar-refractivity contribution in [1.82, 2.24) is 0 Å². The first-order chi connectivity index (χ1) is 6.15. The highest BCUT2D eigenvalue weighted by atomic mass is 32.1. The van der Waals surface area contributed by atoms with Gasteiger partial charge in [-0.25, -0.2) is 0 Å². The number of fused-ring (bicyclic) bond motifs is 1. The van der Waals surface area contributed by atoms with E-state index in [0.29, 0.717) is 6.61 Å². The van der Waals surface area contributed by atoms with Crippen molar-refractivity contribution in [3.63, 3.8) is 0 Å². The van der Waals surface area contributed by atoms with Crippen LogP contribution in [0.25, 0.3) is 0 Å². The Kier molecular flexibility index (Phi) is 2.20. The third kappa shape index (κ3) is 1.42. The Morgan fingerprint density at radius 1 is 1.54 bits per heavy atom. The molecule has 0 N–H and O–H groups in total. The zero-order valence-corrected chi connectivity index (χ0v) is 8.73. The van der Waals surface area contributed by atoms with Crippen molar-refractivity contribution in [3.8, 4) is 0 Å². The summed E-state index contributed by atoms with van der Waals surface area (Å²) in [5.41, 5.74) is -0.208. The average molecular weight is 202 g/mol. The molecule has 0 bridgehead atoms. The maximum atomic E-state index is 5.69. The highest BCUT2D eigenvalue weighted by Gasteiger charge is 2.53. The molecule has 0 aromatic rings. The summed E-state index contributed by atoms with van der Waals surface area (Å²) in [6.07, 6.45) is 2.08. The summed E-state index contributed by atoms with van der Waals surface area (Å²) in [5.74, 6) is 0. The normalized spacial score (nSPS) is 42.8. The molecule has 2 fully saturated rings. The van der Waals surface area contributed by atoms with E-state index >= 15 is 0 Å². The molecule has 3 unspecified atom stereocenters. The van der Waals surface area contributed by atoms with Gasteiger partial charge in [0.25, 0.3) is 0 Å². The predicted octanol–water partition coefficient (Wildman–Crippen LogP) is 1.64. The van der Waals surface area contributed by atoms with E-state index in [9.17, 15) is 0 Å². The van der Waals surface area contributed by atoms with Gasteiger partial charge in [-0.05, 0) is 13.3 Å². The zero-order valence-electron chi connectivity index (χ0n) is 7.91. The van der Waals surface area contributed by atoms with Gasteiger partial charge in [-0.15, -0.1) is 0 Å². The maximum Gasteiger partial charge on any atom is 0.353 e. The van der Waals surface area contributed by atoms with E-state index in [4.69, 9.17) is 26.4 Å². The molecule has 0 spiro atoms. The summed E-state index contributed by atoms with van der Waals surface area (Å²) in [5, 5.41) is 0.278. The smallest absolute Gasteiger partial charge is 0.353 e. The van der Waals surface area contributed by atoms with Crippen LogP contribution in [0.4, 0.5) is 0 Å². The molecule has 74 valence electrons. The maximum absolute atomic E-state index is 5.69. The van der Waals surface area contributed by atoms with Gasteiger partial charge in [-0.2, -0.15) is 0 Å². The number of ether oxygens (including phenoxy) is 3. The molecule has 0 aromatic carbocycles. The lowest BCUT2D eigenvalue weighted by Crippen LogP contribution is -2.39. The first-order valence-corrected chi connectivity index (χ1v) is 5.08. The standard InChI is InChI=1S/C9H14O3S/c1-3-4-9(2)7-6(5-10-9)11-8(13)12-7/h6-7H,3-5H2,1-2H3. The van der Waals surface area contributed by atoms with Crippen LogP contribution >= 0.6 is 12.2 Å². The van der Waals surface area contributed by atoms with Gasteiger partial charge in [0.1, 0.15) is 5.60 Å². The minimum Gasteiger partial charge on any atom is -0.447 e. The Morgan fingerprint density at radius 3 is 3.00 bits per heavy atom. The van der Waals surface area contributed by atoms with E-state index in [2.05, 4.69) is 13.8 Å². The monoisotopic (exact) mass is 202 g/mol. The van der Waals surface area contributed by atoms with Crippen LogP contribution in [0.5, 0.6) is 0 Å². The van der Waals surface area contributed by atoms with Gasteiger partial charge in [-0.1, -0.05) is 13.3 Å². The molecule has 13 heavy (non-hydrogen) atoms. The largest absolute Gasteiger partial charge is 0.447 e. The van der Waals surface area contributed by atoms with Gasteiger partial charge in [0.05, 0.1) is 6.61 Å². The summed E-state index contributed by atoms with van der Waals surface area (Å²) in [4.78, 5) is 0. The Bertz CT molecular complexity index is 227. The minimum atomic E-state index is -0.208. The van der Waals surface area contributed by atoms with E-state index in [1.54, 1.807) is 0 Å². The second-order valence-corrected chi connectivity index (χ2v) is 4.15. The summed E-state index contributed by atoms with van der Waals surface area (Å²) >= 11 is 4.86. The third-order valence-corrected chi connectivity index (χ3v) is 2.93.